The van der Waals surface area contributed by atoms with Crippen LogP contribution in [0.5, 0.6) is 0 Å². The number of piperidine rings is 1. The molecular weight excluding hydrogens is 324 g/mol. The van der Waals surface area contributed by atoms with E-state index >= 15 is 0 Å². The fraction of sp³-hybridized carbons (Fsp3) is 0.667. The number of hydrazine groups is 1. The van der Waals surface area contributed by atoms with Crippen molar-refractivity contribution in [2.45, 2.75) is 63.7 Å². The molecule has 1 aromatic carbocycles. The predicted molar refractivity (Wildman–Crippen MR) is 103 cm³/mol. The molecule has 5 nitrogen and oxygen atoms in total. The number of nitrogens with zero attached hydrogens (tertiary/aromatic N) is 2. The van der Waals surface area contributed by atoms with Crippen molar-refractivity contribution < 1.29 is 4.79 Å². The molecule has 2 N–H and O–H groups in total. The zero-order valence-electron chi connectivity index (χ0n) is 15.9. The first-order chi connectivity index (χ1) is 12.7. The standard InChI is InChI=1S/C21H32N4O/c1-2-6-18-11-20(23-22-18)21(26)25-14-17-9-10-19(25)15-24(13-17)12-16-7-4-3-5-8-16/h3-5,7-8,17-20,22-23H,2,6,9-15H2,1H3/t17-,18?,19+,20?/m0/s1. The molecule has 0 radical (unpaired) electrons. The van der Waals surface area contributed by atoms with E-state index in [0.29, 0.717) is 23.9 Å². The lowest BCUT2D eigenvalue weighted by molar-refractivity contribution is -0.137. The van der Waals surface area contributed by atoms with Gasteiger partial charge < -0.3 is 4.90 Å². The highest BCUT2D eigenvalue weighted by Crippen LogP contribution is 2.30. The van der Waals surface area contributed by atoms with Gasteiger partial charge in [0.05, 0.1) is 0 Å². The number of fused-ring (bicyclic) bond motifs is 4. The maximum Gasteiger partial charge on any atom is 0.241 e. The minimum Gasteiger partial charge on any atom is -0.337 e. The highest BCUT2D eigenvalue weighted by atomic mass is 16.2. The zero-order valence-corrected chi connectivity index (χ0v) is 15.9. The summed E-state index contributed by atoms with van der Waals surface area (Å²) in [6.45, 7) is 6.26. The largest absolute Gasteiger partial charge is 0.337 e. The molecule has 142 valence electrons. The van der Waals surface area contributed by atoms with Gasteiger partial charge in [0.2, 0.25) is 5.91 Å². The van der Waals surface area contributed by atoms with E-state index in [4.69, 9.17) is 0 Å². The number of carbonyl (C=O) groups is 1. The molecule has 5 rings (SSSR count). The molecule has 4 aliphatic rings. The SMILES string of the molecule is CCCC1CC(C(=O)N2C[C@H]3CC[C@@H]2CN(Cc2ccccc2)C3)NN1. The smallest absolute Gasteiger partial charge is 0.241 e. The van der Waals surface area contributed by atoms with E-state index in [1.807, 2.05) is 0 Å². The summed E-state index contributed by atoms with van der Waals surface area (Å²) < 4.78 is 0. The van der Waals surface area contributed by atoms with Gasteiger partial charge in [0.25, 0.3) is 0 Å². The topological polar surface area (TPSA) is 47.6 Å². The van der Waals surface area contributed by atoms with Crippen molar-refractivity contribution in [3.63, 3.8) is 0 Å². The second-order valence-electron chi connectivity index (χ2n) is 8.33. The second-order valence-corrected chi connectivity index (χ2v) is 8.33. The van der Waals surface area contributed by atoms with Crippen molar-refractivity contribution in [2.24, 2.45) is 5.92 Å². The van der Waals surface area contributed by atoms with E-state index in [9.17, 15) is 4.79 Å². The first-order valence-corrected chi connectivity index (χ1v) is 10.3. The van der Waals surface area contributed by atoms with E-state index in [-0.39, 0.29) is 6.04 Å². The molecule has 1 aromatic rings. The van der Waals surface area contributed by atoms with Crippen LogP contribution in [0.25, 0.3) is 0 Å². The van der Waals surface area contributed by atoms with E-state index in [0.717, 1.165) is 51.9 Å². The maximum atomic E-state index is 13.2. The lowest BCUT2D eigenvalue weighted by Crippen LogP contribution is -2.53. The number of benzene rings is 1. The summed E-state index contributed by atoms with van der Waals surface area (Å²) in [5.41, 5.74) is 7.96. The van der Waals surface area contributed by atoms with E-state index < -0.39 is 0 Å². The summed E-state index contributed by atoms with van der Waals surface area (Å²) in [6.07, 6.45) is 5.62. The third kappa shape index (κ3) is 3.95. The molecule has 4 saturated heterocycles. The van der Waals surface area contributed by atoms with Crippen LogP contribution in [0, 0.1) is 5.92 Å². The van der Waals surface area contributed by atoms with Crippen LogP contribution in [0.2, 0.25) is 0 Å². The van der Waals surface area contributed by atoms with Gasteiger partial charge in [-0.05, 0) is 37.2 Å². The molecule has 0 spiro atoms. The van der Waals surface area contributed by atoms with Crippen LogP contribution in [-0.2, 0) is 11.3 Å². The summed E-state index contributed by atoms with van der Waals surface area (Å²) in [4.78, 5) is 17.9. The first-order valence-electron chi connectivity index (χ1n) is 10.3. The fourth-order valence-corrected chi connectivity index (χ4v) is 4.94. The van der Waals surface area contributed by atoms with Gasteiger partial charge >= 0.3 is 0 Å². The molecule has 0 aromatic heterocycles. The Bertz CT molecular complexity index is 607. The monoisotopic (exact) mass is 356 g/mol. The molecule has 2 unspecified atom stereocenters. The van der Waals surface area contributed by atoms with Crippen molar-refractivity contribution >= 4 is 5.91 Å². The van der Waals surface area contributed by atoms with Gasteiger partial charge in [-0.2, -0.15) is 0 Å². The van der Waals surface area contributed by atoms with Crippen LogP contribution >= 0.6 is 0 Å². The van der Waals surface area contributed by atoms with Crippen molar-refractivity contribution in [1.29, 1.82) is 0 Å². The Morgan fingerprint density at radius 3 is 2.77 bits per heavy atom. The number of nitrogens with one attached hydrogen (secondary N) is 2. The van der Waals surface area contributed by atoms with Gasteiger partial charge in [-0.25, -0.2) is 5.43 Å². The molecule has 4 atom stereocenters. The van der Waals surface area contributed by atoms with Gasteiger partial charge in [0.15, 0.2) is 0 Å². The molecule has 5 heteroatoms. The quantitative estimate of drug-likeness (QED) is 0.849. The Morgan fingerprint density at radius 2 is 1.96 bits per heavy atom. The molecule has 4 fully saturated rings. The third-order valence-electron chi connectivity index (χ3n) is 6.24. The lowest BCUT2D eigenvalue weighted by Gasteiger charge is -2.37. The van der Waals surface area contributed by atoms with Crippen molar-refractivity contribution in [2.75, 3.05) is 19.6 Å². The molecule has 0 aliphatic carbocycles. The van der Waals surface area contributed by atoms with Crippen LogP contribution in [0.15, 0.2) is 30.3 Å². The lowest BCUT2D eigenvalue weighted by atomic mass is 9.94. The Kier molecular flexibility index (Phi) is 5.57. The number of amides is 1. The molecular formula is C21H32N4O. The van der Waals surface area contributed by atoms with E-state index in [1.165, 1.54) is 12.0 Å². The van der Waals surface area contributed by atoms with Crippen molar-refractivity contribution in [3.05, 3.63) is 35.9 Å². The van der Waals surface area contributed by atoms with Crippen LogP contribution in [0.1, 0.15) is 44.6 Å². The third-order valence-corrected chi connectivity index (χ3v) is 6.24. The summed E-state index contributed by atoms with van der Waals surface area (Å²) in [6, 6.07) is 11.5. The van der Waals surface area contributed by atoms with Crippen molar-refractivity contribution in [3.8, 4) is 0 Å². The molecule has 1 amide bonds. The second kappa shape index (κ2) is 8.07. The summed E-state index contributed by atoms with van der Waals surface area (Å²) >= 11 is 0. The zero-order chi connectivity index (χ0) is 17.9. The average Bonchev–Trinajstić information content (AvgIpc) is 2.95. The average molecular weight is 357 g/mol. The van der Waals surface area contributed by atoms with Crippen LogP contribution in [0.3, 0.4) is 0 Å². The van der Waals surface area contributed by atoms with Gasteiger partial charge in [0, 0.05) is 38.3 Å². The minimum atomic E-state index is -0.0477. The molecule has 0 saturated carbocycles. The fourth-order valence-electron chi connectivity index (χ4n) is 4.94. The van der Waals surface area contributed by atoms with Crippen molar-refractivity contribution in [1.82, 2.24) is 20.7 Å². The molecule has 2 bridgehead atoms. The van der Waals surface area contributed by atoms with Crippen LogP contribution in [-0.4, -0.2) is 53.5 Å². The Balaban J connectivity index is 1.39. The summed E-state index contributed by atoms with van der Waals surface area (Å²) in [5.74, 6) is 0.926. The van der Waals surface area contributed by atoms with Crippen LogP contribution < -0.4 is 10.9 Å². The highest BCUT2D eigenvalue weighted by molar-refractivity contribution is 5.82. The van der Waals surface area contributed by atoms with E-state index in [2.05, 4.69) is 57.9 Å². The Labute approximate surface area is 157 Å². The predicted octanol–water partition coefficient (Wildman–Crippen LogP) is 2.14. The molecule has 4 heterocycles. The highest BCUT2D eigenvalue weighted by Gasteiger charge is 2.40. The minimum absolute atomic E-state index is 0.0477. The number of carbonyl (C=O) groups excluding carboxylic acids is 1. The maximum absolute atomic E-state index is 13.2. The molecule has 26 heavy (non-hydrogen) atoms. The van der Waals surface area contributed by atoms with Gasteiger partial charge in [-0.3, -0.25) is 15.1 Å². The number of hydrogen-bond acceptors (Lipinski definition) is 4. The normalized spacial score (nSPS) is 32.0. The first kappa shape index (κ1) is 18.0. The van der Waals surface area contributed by atoms with Gasteiger partial charge in [-0.1, -0.05) is 43.7 Å². The number of rotatable bonds is 5. The van der Waals surface area contributed by atoms with E-state index in [1.54, 1.807) is 0 Å². The molecule has 4 aliphatic heterocycles. The Hall–Kier alpha value is -1.43. The Morgan fingerprint density at radius 1 is 1.12 bits per heavy atom. The van der Waals surface area contributed by atoms with Crippen LogP contribution in [0.4, 0.5) is 0 Å². The number of hydrogen-bond donors (Lipinski definition) is 2. The van der Waals surface area contributed by atoms with Gasteiger partial charge in [-0.15, -0.1) is 0 Å². The summed E-state index contributed by atoms with van der Waals surface area (Å²) in [5, 5.41) is 0. The summed E-state index contributed by atoms with van der Waals surface area (Å²) in [7, 11) is 0. The van der Waals surface area contributed by atoms with Gasteiger partial charge in [0.1, 0.15) is 6.04 Å².